The summed E-state index contributed by atoms with van der Waals surface area (Å²) < 4.78 is 34.1. The summed E-state index contributed by atoms with van der Waals surface area (Å²) in [7, 11) is -2.57. The van der Waals surface area contributed by atoms with Gasteiger partial charge in [0.05, 0.1) is 41.0 Å². The highest BCUT2D eigenvalue weighted by Gasteiger charge is 2.28. The first-order valence-electron chi connectivity index (χ1n) is 11.4. The topological polar surface area (TPSA) is 88.1 Å². The van der Waals surface area contributed by atoms with Crippen molar-refractivity contribution in [2.45, 2.75) is 11.4 Å². The molecule has 0 aliphatic carbocycles. The fourth-order valence-corrected chi connectivity index (χ4v) is 5.56. The number of amides is 1. The first-order valence-corrected chi connectivity index (χ1v) is 13.6. The highest BCUT2D eigenvalue weighted by molar-refractivity contribution is 7.92. The summed E-state index contributed by atoms with van der Waals surface area (Å²) in [6, 6.07) is 26.5. The average molecular weight is 568 g/mol. The normalized spacial score (nSPS) is 11.3. The van der Waals surface area contributed by atoms with Crippen molar-refractivity contribution in [3.8, 4) is 5.75 Å². The molecule has 38 heavy (non-hydrogen) atoms. The van der Waals surface area contributed by atoms with Gasteiger partial charge in [0, 0.05) is 10.6 Å². The zero-order valence-electron chi connectivity index (χ0n) is 20.2. The number of carbonyl (C=O) groups excluding carboxylic acids is 1. The second-order valence-electron chi connectivity index (χ2n) is 8.05. The minimum atomic E-state index is -4.08. The van der Waals surface area contributed by atoms with Crippen LogP contribution in [0, 0.1) is 0 Å². The van der Waals surface area contributed by atoms with Gasteiger partial charge in [-0.05, 0) is 54.1 Å². The van der Waals surface area contributed by atoms with Crippen LogP contribution in [0.25, 0.3) is 0 Å². The molecule has 0 fully saturated rings. The van der Waals surface area contributed by atoms with Gasteiger partial charge in [0.1, 0.15) is 5.75 Å². The minimum Gasteiger partial charge on any atom is -0.497 e. The van der Waals surface area contributed by atoms with Crippen molar-refractivity contribution in [2.24, 2.45) is 5.10 Å². The molecular formula is C28H23Cl2N3O4S. The zero-order chi connectivity index (χ0) is 27.1. The van der Waals surface area contributed by atoms with E-state index in [1.54, 1.807) is 48.5 Å². The molecule has 1 N–H and O–H groups in total. The van der Waals surface area contributed by atoms with Crippen LogP contribution in [0.3, 0.4) is 0 Å². The Kier molecular flexibility index (Phi) is 8.68. The lowest BCUT2D eigenvalue weighted by atomic mass is 10.1. The Balaban J connectivity index is 1.70. The molecule has 0 saturated heterocycles. The number of benzene rings is 4. The molecule has 0 saturated carbocycles. The van der Waals surface area contributed by atoms with Crippen LogP contribution in [0.2, 0.25) is 10.0 Å². The molecule has 0 bridgehead atoms. The fraction of sp³-hybridized carbons (Fsp3) is 0.0714. The number of nitrogens with one attached hydrogen (secondary N) is 1. The number of hydrogen-bond donors (Lipinski definition) is 1. The van der Waals surface area contributed by atoms with Gasteiger partial charge in [-0.3, -0.25) is 9.10 Å². The molecule has 4 aromatic rings. The van der Waals surface area contributed by atoms with Crippen LogP contribution in [0.4, 0.5) is 5.69 Å². The van der Waals surface area contributed by atoms with Crippen LogP contribution in [-0.4, -0.2) is 27.6 Å². The number of hydrazone groups is 1. The van der Waals surface area contributed by atoms with E-state index in [1.807, 2.05) is 30.3 Å². The van der Waals surface area contributed by atoms with Crippen molar-refractivity contribution in [2.75, 3.05) is 11.4 Å². The molecular weight excluding hydrogens is 545 g/mol. The first kappa shape index (κ1) is 27.2. The summed E-state index contributed by atoms with van der Waals surface area (Å²) in [6.45, 7) is 0.00312. The van der Waals surface area contributed by atoms with Crippen molar-refractivity contribution >= 4 is 51.0 Å². The van der Waals surface area contributed by atoms with Gasteiger partial charge in [-0.25, -0.2) is 13.8 Å². The Morgan fingerprint density at radius 2 is 1.63 bits per heavy atom. The molecule has 0 spiro atoms. The number of rotatable bonds is 9. The Morgan fingerprint density at radius 3 is 2.32 bits per heavy atom. The van der Waals surface area contributed by atoms with Gasteiger partial charge < -0.3 is 4.74 Å². The van der Waals surface area contributed by atoms with Crippen LogP contribution in [-0.2, 0) is 16.6 Å². The van der Waals surface area contributed by atoms with Gasteiger partial charge in [0.2, 0.25) is 0 Å². The second kappa shape index (κ2) is 12.1. The quantitative estimate of drug-likeness (QED) is 0.194. The third-order valence-electron chi connectivity index (χ3n) is 5.57. The van der Waals surface area contributed by atoms with E-state index in [0.717, 1.165) is 5.56 Å². The van der Waals surface area contributed by atoms with Gasteiger partial charge in [0.15, 0.2) is 0 Å². The van der Waals surface area contributed by atoms with Crippen LogP contribution in [0.5, 0.6) is 5.75 Å². The second-order valence-corrected chi connectivity index (χ2v) is 10.8. The molecule has 0 atom stereocenters. The van der Waals surface area contributed by atoms with Crippen LogP contribution >= 0.6 is 23.2 Å². The standard InChI is InChI=1S/C28H23Cl2N3O4S/c1-37-23-13-15-24(16-14-23)38(35,36)33(19-20-7-3-2-4-8-20)27-10-6-5-9-25(27)28(34)32-31-18-21-11-12-22(29)17-26(21)30/h2-18H,19H2,1H3,(H,32,34)/b31-18-. The summed E-state index contributed by atoms with van der Waals surface area (Å²) in [6.07, 6.45) is 1.38. The molecule has 10 heteroatoms. The van der Waals surface area contributed by atoms with Crippen LogP contribution in [0.1, 0.15) is 21.5 Å². The number of methoxy groups -OCH3 is 1. The van der Waals surface area contributed by atoms with Gasteiger partial charge in [-0.15, -0.1) is 0 Å². The van der Waals surface area contributed by atoms with E-state index in [0.29, 0.717) is 21.4 Å². The molecule has 4 aromatic carbocycles. The van der Waals surface area contributed by atoms with Gasteiger partial charge in [-0.1, -0.05) is 71.7 Å². The lowest BCUT2D eigenvalue weighted by Gasteiger charge is -2.26. The van der Waals surface area contributed by atoms with E-state index in [1.165, 1.54) is 35.8 Å². The maximum atomic E-state index is 13.9. The molecule has 0 aromatic heterocycles. The number of sulfonamides is 1. The molecule has 0 radical (unpaired) electrons. The number of para-hydroxylation sites is 1. The minimum absolute atomic E-state index is 0.00312. The first-order chi connectivity index (χ1) is 18.3. The lowest BCUT2D eigenvalue weighted by molar-refractivity contribution is 0.0955. The lowest BCUT2D eigenvalue weighted by Crippen LogP contribution is -2.33. The summed E-state index contributed by atoms with van der Waals surface area (Å²) >= 11 is 12.1. The largest absolute Gasteiger partial charge is 0.497 e. The molecule has 194 valence electrons. The molecule has 7 nitrogen and oxygen atoms in total. The summed E-state index contributed by atoms with van der Waals surface area (Å²) in [4.78, 5) is 13.2. The van der Waals surface area contributed by atoms with E-state index in [9.17, 15) is 13.2 Å². The Bertz CT molecular complexity index is 1560. The maximum absolute atomic E-state index is 13.9. The maximum Gasteiger partial charge on any atom is 0.273 e. The number of anilines is 1. The number of halogens is 2. The van der Waals surface area contributed by atoms with Gasteiger partial charge >= 0.3 is 0 Å². The molecule has 0 heterocycles. The third-order valence-corrected chi connectivity index (χ3v) is 7.90. The van der Waals surface area contributed by atoms with Crippen molar-refractivity contribution in [1.29, 1.82) is 0 Å². The SMILES string of the molecule is COc1ccc(S(=O)(=O)N(Cc2ccccc2)c2ccccc2C(=O)N/N=C\c2ccc(Cl)cc2Cl)cc1. The Labute approximate surface area is 231 Å². The predicted molar refractivity (Wildman–Crippen MR) is 151 cm³/mol. The van der Waals surface area contributed by atoms with E-state index in [4.69, 9.17) is 27.9 Å². The van der Waals surface area contributed by atoms with Crippen LogP contribution < -0.4 is 14.5 Å². The van der Waals surface area contributed by atoms with Crippen molar-refractivity contribution in [1.82, 2.24) is 5.43 Å². The monoisotopic (exact) mass is 567 g/mol. The Morgan fingerprint density at radius 1 is 0.947 bits per heavy atom. The molecule has 0 aliphatic heterocycles. The molecule has 0 aliphatic rings. The van der Waals surface area contributed by atoms with Crippen LogP contribution in [0.15, 0.2) is 107 Å². The number of carbonyl (C=O) groups is 1. The zero-order valence-corrected chi connectivity index (χ0v) is 22.5. The fourth-order valence-electron chi connectivity index (χ4n) is 3.63. The number of hydrogen-bond acceptors (Lipinski definition) is 5. The summed E-state index contributed by atoms with van der Waals surface area (Å²) in [5, 5.41) is 4.84. The molecule has 4 rings (SSSR count). The molecule has 1 amide bonds. The number of ether oxygens (including phenoxy) is 1. The average Bonchev–Trinajstić information content (AvgIpc) is 2.93. The molecule has 0 unspecified atom stereocenters. The van der Waals surface area contributed by atoms with Crippen molar-refractivity contribution < 1.29 is 17.9 Å². The van der Waals surface area contributed by atoms with E-state index in [2.05, 4.69) is 10.5 Å². The smallest absolute Gasteiger partial charge is 0.273 e. The van der Waals surface area contributed by atoms with E-state index < -0.39 is 15.9 Å². The third kappa shape index (κ3) is 6.34. The van der Waals surface area contributed by atoms with Crippen molar-refractivity contribution in [3.63, 3.8) is 0 Å². The van der Waals surface area contributed by atoms with Crippen molar-refractivity contribution in [3.05, 3.63) is 124 Å². The summed E-state index contributed by atoms with van der Waals surface area (Å²) in [5.74, 6) is -0.0677. The predicted octanol–water partition coefficient (Wildman–Crippen LogP) is 6.16. The highest BCUT2D eigenvalue weighted by Crippen LogP contribution is 2.30. The summed E-state index contributed by atoms with van der Waals surface area (Å²) in [5.41, 5.74) is 4.08. The number of nitrogens with zero attached hydrogens (tertiary/aromatic N) is 2. The van der Waals surface area contributed by atoms with E-state index in [-0.39, 0.29) is 22.7 Å². The van der Waals surface area contributed by atoms with Gasteiger partial charge in [-0.2, -0.15) is 5.10 Å². The van der Waals surface area contributed by atoms with Gasteiger partial charge in [0.25, 0.3) is 15.9 Å². The van der Waals surface area contributed by atoms with E-state index >= 15 is 0 Å². The Hall–Kier alpha value is -3.85. The highest BCUT2D eigenvalue weighted by atomic mass is 35.5.